The van der Waals surface area contributed by atoms with Gasteiger partial charge >= 0.3 is 0 Å². The van der Waals surface area contributed by atoms with E-state index in [4.69, 9.17) is 9.47 Å². The van der Waals surface area contributed by atoms with Gasteiger partial charge in [0.2, 0.25) is 17.7 Å². The SMILES string of the molecule is C=CC(=O)Nc1c(C)nc(OC)c(-c2cc3c(cc2F)c(F)nn3C2CCCCO2)c1C. The third kappa shape index (κ3) is 3.73. The number of methoxy groups -OCH3 is 1. The fourth-order valence-electron chi connectivity index (χ4n) is 4.09. The highest BCUT2D eigenvalue weighted by Gasteiger charge is 2.26. The number of benzene rings is 1. The molecule has 9 heteroatoms. The number of aryl methyl sites for hydroxylation is 1. The number of anilines is 1. The second-order valence-electron chi connectivity index (χ2n) is 7.68. The Morgan fingerprint density at radius 3 is 2.78 bits per heavy atom. The van der Waals surface area contributed by atoms with Crippen molar-refractivity contribution in [3.63, 3.8) is 0 Å². The molecule has 1 saturated heterocycles. The topological polar surface area (TPSA) is 78.3 Å². The first-order valence-corrected chi connectivity index (χ1v) is 10.3. The molecule has 0 bridgehead atoms. The summed E-state index contributed by atoms with van der Waals surface area (Å²) < 4.78 is 42.5. The van der Waals surface area contributed by atoms with E-state index in [1.807, 2.05) is 0 Å². The Labute approximate surface area is 184 Å². The molecule has 1 aliphatic rings. The molecule has 1 aromatic carbocycles. The molecule has 2 aromatic heterocycles. The molecule has 4 rings (SSSR count). The fraction of sp³-hybridized carbons (Fsp3) is 0.348. The molecule has 1 unspecified atom stereocenters. The van der Waals surface area contributed by atoms with Gasteiger partial charge in [0.05, 0.1) is 35.0 Å². The fourth-order valence-corrected chi connectivity index (χ4v) is 4.09. The zero-order valence-corrected chi connectivity index (χ0v) is 18.2. The Hall–Kier alpha value is -3.33. The van der Waals surface area contributed by atoms with E-state index < -0.39 is 23.9 Å². The van der Waals surface area contributed by atoms with Crippen molar-refractivity contribution in [3.05, 3.63) is 47.8 Å². The van der Waals surface area contributed by atoms with Gasteiger partial charge in [-0.05, 0) is 56.9 Å². The maximum atomic E-state index is 15.3. The maximum absolute atomic E-state index is 15.3. The summed E-state index contributed by atoms with van der Waals surface area (Å²) in [5.74, 6) is -1.65. The first-order chi connectivity index (χ1) is 15.3. The Morgan fingerprint density at radius 2 is 2.12 bits per heavy atom. The monoisotopic (exact) mass is 442 g/mol. The summed E-state index contributed by atoms with van der Waals surface area (Å²) in [6, 6.07) is 2.65. The predicted molar refractivity (Wildman–Crippen MR) is 117 cm³/mol. The third-order valence-corrected chi connectivity index (χ3v) is 5.67. The molecule has 3 aromatic rings. The van der Waals surface area contributed by atoms with Crippen molar-refractivity contribution in [2.75, 3.05) is 19.0 Å². The molecule has 0 saturated carbocycles. The Morgan fingerprint density at radius 1 is 1.34 bits per heavy atom. The van der Waals surface area contributed by atoms with E-state index in [0.29, 0.717) is 41.1 Å². The minimum Gasteiger partial charge on any atom is -0.481 e. The molecule has 1 atom stereocenters. The number of hydrogen-bond acceptors (Lipinski definition) is 5. The number of pyridine rings is 1. The van der Waals surface area contributed by atoms with Gasteiger partial charge in [0, 0.05) is 12.2 Å². The second kappa shape index (κ2) is 8.66. The Bertz CT molecular complexity index is 1220. The van der Waals surface area contributed by atoms with Gasteiger partial charge in [-0.1, -0.05) is 6.58 Å². The van der Waals surface area contributed by atoms with E-state index in [1.54, 1.807) is 13.8 Å². The minimum atomic E-state index is -0.760. The van der Waals surface area contributed by atoms with Gasteiger partial charge in [0.25, 0.3) is 0 Å². The summed E-state index contributed by atoms with van der Waals surface area (Å²) in [6.45, 7) is 7.46. The van der Waals surface area contributed by atoms with Crippen LogP contribution in [0.4, 0.5) is 14.5 Å². The molecule has 0 aliphatic carbocycles. The molecule has 1 amide bonds. The van der Waals surface area contributed by atoms with E-state index in [2.05, 4.69) is 22.0 Å². The van der Waals surface area contributed by atoms with Crippen molar-refractivity contribution in [1.29, 1.82) is 0 Å². The maximum Gasteiger partial charge on any atom is 0.247 e. The normalized spacial score (nSPS) is 16.2. The summed E-state index contributed by atoms with van der Waals surface area (Å²) >= 11 is 0. The number of amides is 1. The summed E-state index contributed by atoms with van der Waals surface area (Å²) in [6.07, 6.45) is 3.28. The summed E-state index contributed by atoms with van der Waals surface area (Å²) in [5, 5.41) is 6.77. The Kier molecular flexibility index (Phi) is 5.92. The molecule has 1 fully saturated rings. The molecule has 32 heavy (non-hydrogen) atoms. The van der Waals surface area contributed by atoms with Crippen LogP contribution >= 0.6 is 0 Å². The molecular weight excluding hydrogens is 418 g/mol. The number of carbonyl (C=O) groups excluding carboxylic acids is 1. The zero-order valence-electron chi connectivity index (χ0n) is 18.2. The van der Waals surface area contributed by atoms with Crippen LogP contribution in [0.1, 0.15) is 36.7 Å². The number of carbonyl (C=O) groups is 1. The molecule has 7 nitrogen and oxygen atoms in total. The lowest BCUT2D eigenvalue weighted by Gasteiger charge is -2.23. The van der Waals surface area contributed by atoms with Crippen LogP contribution in [0.3, 0.4) is 0 Å². The Balaban J connectivity index is 1.94. The van der Waals surface area contributed by atoms with Gasteiger partial charge < -0.3 is 14.8 Å². The van der Waals surface area contributed by atoms with E-state index in [9.17, 15) is 9.18 Å². The quantitative estimate of drug-likeness (QED) is 0.573. The van der Waals surface area contributed by atoms with E-state index in [1.165, 1.54) is 17.9 Å². The van der Waals surface area contributed by atoms with Crippen molar-refractivity contribution in [2.24, 2.45) is 0 Å². The highest BCUT2D eigenvalue weighted by molar-refractivity contribution is 6.01. The zero-order chi connectivity index (χ0) is 23.0. The largest absolute Gasteiger partial charge is 0.481 e. The van der Waals surface area contributed by atoms with Crippen LogP contribution in [0.25, 0.3) is 22.0 Å². The van der Waals surface area contributed by atoms with Crippen molar-refractivity contribution in [3.8, 4) is 17.0 Å². The van der Waals surface area contributed by atoms with Crippen molar-refractivity contribution in [2.45, 2.75) is 39.3 Å². The van der Waals surface area contributed by atoms with E-state index in [-0.39, 0.29) is 16.8 Å². The van der Waals surface area contributed by atoms with Crippen LogP contribution in [-0.4, -0.2) is 34.4 Å². The molecule has 1 N–H and O–H groups in total. The lowest BCUT2D eigenvalue weighted by molar-refractivity contribution is -0.111. The van der Waals surface area contributed by atoms with Gasteiger partial charge in [-0.25, -0.2) is 14.1 Å². The number of nitrogens with one attached hydrogen (secondary N) is 1. The van der Waals surface area contributed by atoms with Crippen LogP contribution in [0, 0.1) is 25.6 Å². The summed E-state index contributed by atoms with van der Waals surface area (Å²) in [7, 11) is 1.43. The number of hydrogen-bond donors (Lipinski definition) is 1. The lowest BCUT2D eigenvalue weighted by atomic mass is 9.98. The van der Waals surface area contributed by atoms with Crippen molar-refractivity contribution >= 4 is 22.5 Å². The van der Waals surface area contributed by atoms with Crippen LogP contribution < -0.4 is 10.1 Å². The van der Waals surface area contributed by atoms with Crippen molar-refractivity contribution in [1.82, 2.24) is 14.8 Å². The first-order valence-electron chi connectivity index (χ1n) is 10.3. The molecule has 3 heterocycles. The average molecular weight is 442 g/mol. The molecule has 0 radical (unpaired) electrons. The number of nitrogens with zero attached hydrogens (tertiary/aromatic N) is 3. The lowest BCUT2D eigenvalue weighted by Crippen LogP contribution is -2.19. The number of ether oxygens (including phenoxy) is 2. The standard InChI is InChI=1S/C23H24F2N4O3/c1-5-18(30)27-21-12(2)20(23(31-4)26-13(21)3)14-11-17-15(10-16(14)24)22(25)28-29(17)19-8-6-7-9-32-19/h5,10-11,19H,1,6-9H2,2-4H3,(H,27,30). The molecule has 1 aliphatic heterocycles. The summed E-state index contributed by atoms with van der Waals surface area (Å²) in [5.41, 5.74) is 2.42. The number of aromatic nitrogens is 3. The van der Waals surface area contributed by atoms with Gasteiger partial charge in [-0.15, -0.1) is 5.10 Å². The minimum absolute atomic E-state index is 0.0669. The van der Waals surface area contributed by atoms with Gasteiger partial charge in [-0.3, -0.25) is 4.79 Å². The third-order valence-electron chi connectivity index (χ3n) is 5.67. The average Bonchev–Trinajstić information content (AvgIpc) is 3.11. The van der Waals surface area contributed by atoms with Crippen LogP contribution in [0.5, 0.6) is 5.88 Å². The molecular formula is C23H24F2N4O3. The van der Waals surface area contributed by atoms with Crippen molar-refractivity contribution < 1.29 is 23.0 Å². The highest BCUT2D eigenvalue weighted by Crippen LogP contribution is 2.40. The van der Waals surface area contributed by atoms with E-state index >= 15 is 4.39 Å². The number of halogens is 2. The van der Waals surface area contributed by atoms with Gasteiger partial charge in [0.15, 0.2) is 6.23 Å². The molecule has 0 spiro atoms. The smallest absolute Gasteiger partial charge is 0.247 e. The van der Waals surface area contributed by atoms with Gasteiger partial charge in [0.1, 0.15) is 5.82 Å². The van der Waals surface area contributed by atoms with E-state index in [0.717, 1.165) is 25.0 Å². The van der Waals surface area contributed by atoms with Crippen LogP contribution in [0.2, 0.25) is 0 Å². The van der Waals surface area contributed by atoms with Crippen LogP contribution in [0.15, 0.2) is 24.8 Å². The second-order valence-corrected chi connectivity index (χ2v) is 7.68. The number of rotatable bonds is 5. The van der Waals surface area contributed by atoms with Crippen LogP contribution in [-0.2, 0) is 9.53 Å². The first kappa shape index (κ1) is 21.9. The van der Waals surface area contributed by atoms with Gasteiger partial charge in [-0.2, -0.15) is 4.39 Å². The predicted octanol–water partition coefficient (Wildman–Crippen LogP) is 4.83. The summed E-state index contributed by atoms with van der Waals surface area (Å²) in [4.78, 5) is 16.3. The highest BCUT2D eigenvalue weighted by atomic mass is 19.1. The number of fused-ring (bicyclic) bond motifs is 1. The molecule has 168 valence electrons.